The number of hydrazine groups is 1. The monoisotopic (exact) mass is 420 g/mol. The van der Waals surface area contributed by atoms with Crippen molar-refractivity contribution in [3.8, 4) is 0 Å². The number of carbonyl (C=O) groups is 1. The maximum atomic E-state index is 13.7. The summed E-state index contributed by atoms with van der Waals surface area (Å²) >= 11 is 6.11. The zero-order chi connectivity index (χ0) is 15.6. The number of pyridine rings is 1. The van der Waals surface area contributed by atoms with Crippen molar-refractivity contribution in [2.24, 2.45) is 5.84 Å². The number of carbonyl (C=O) groups excluding carboxylic acids is 1. The molecule has 0 radical (unpaired) electrons. The Morgan fingerprint density at radius 2 is 1.76 bits per heavy atom. The Morgan fingerprint density at radius 3 is 2.33 bits per heavy atom. The molecule has 0 aliphatic heterocycles. The van der Waals surface area contributed by atoms with Crippen molar-refractivity contribution in [2.75, 3.05) is 10.7 Å². The molecule has 0 fully saturated rings. The third-order valence-electron chi connectivity index (χ3n) is 2.48. The van der Waals surface area contributed by atoms with Crippen LogP contribution >= 0.6 is 31.9 Å². The Bertz CT molecular complexity index is 689. The van der Waals surface area contributed by atoms with Crippen LogP contribution in [0.2, 0.25) is 0 Å². The Balaban J connectivity index is 2.37. The maximum Gasteiger partial charge on any atom is 0.259 e. The first-order chi connectivity index (χ1) is 9.92. The van der Waals surface area contributed by atoms with Crippen molar-refractivity contribution in [3.63, 3.8) is 0 Å². The van der Waals surface area contributed by atoms with Gasteiger partial charge in [0.1, 0.15) is 5.69 Å². The molecule has 21 heavy (non-hydrogen) atoms. The minimum Gasteiger partial charge on any atom is -0.317 e. The summed E-state index contributed by atoms with van der Waals surface area (Å²) in [6.45, 7) is 0. The van der Waals surface area contributed by atoms with Gasteiger partial charge < -0.3 is 10.7 Å². The third kappa shape index (κ3) is 3.55. The van der Waals surface area contributed by atoms with E-state index in [1.165, 1.54) is 12.3 Å². The van der Waals surface area contributed by atoms with Gasteiger partial charge in [-0.2, -0.15) is 0 Å². The lowest BCUT2D eigenvalue weighted by Crippen LogP contribution is -2.19. The van der Waals surface area contributed by atoms with Gasteiger partial charge in [-0.3, -0.25) is 4.79 Å². The number of aromatic nitrogens is 1. The molecule has 2 aromatic rings. The maximum absolute atomic E-state index is 13.7. The van der Waals surface area contributed by atoms with Crippen LogP contribution in [0.5, 0.6) is 0 Å². The van der Waals surface area contributed by atoms with Crippen molar-refractivity contribution in [3.05, 3.63) is 50.5 Å². The zero-order valence-electron chi connectivity index (χ0n) is 10.3. The average molecular weight is 422 g/mol. The fourth-order valence-electron chi connectivity index (χ4n) is 1.57. The van der Waals surface area contributed by atoms with Gasteiger partial charge in [0, 0.05) is 15.1 Å². The molecule has 1 aromatic carbocycles. The normalized spacial score (nSPS) is 10.3. The molecule has 5 nitrogen and oxygen atoms in total. The minimum atomic E-state index is -0.902. The van der Waals surface area contributed by atoms with Gasteiger partial charge in [0.15, 0.2) is 17.5 Å². The van der Waals surface area contributed by atoms with Crippen molar-refractivity contribution in [1.82, 2.24) is 4.98 Å². The van der Waals surface area contributed by atoms with Crippen LogP contribution in [0.25, 0.3) is 0 Å². The Kier molecular flexibility index (Phi) is 4.86. The predicted molar refractivity (Wildman–Crippen MR) is 81.8 cm³/mol. The van der Waals surface area contributed by atoms with Crippen LogP contribution in [0.4, 0.5) is 20.3 Å². The largest absolute Gasteiger partial charge is 0.317 e. The first-order valence-corrected chi connectivity index (χ1v) is 7.09. The second-order valence-corrected chi connectivity index (χ2v) is 5.72. The summed E-state index contributed by atoms with van der Waals surface area (Å²) in [7, 11) is 0. The molecule has 9 heteroatoms. The van der Waals surface area contributed by atoms with E-state index in [0.717, 1.165) is 12.1 Å². The topological polar surface area (TPSA) is 80.0 Å². The highest BCUT2D eigenvalue weighted by Gasteiger charge is 2.18. The van der Waals surface area contributed by atoms with Crippen LogP contribution in [-0.2, 0) is 0 Å². The lowest BCUT2D eigenvalue weighted by atomic mass is 10.2. The number of nitrogens with one attached hydrogen (secondary N) is 2. The van der Waals surface area contributed by atoms with Gasteiger partial charge in [0.2, 0.25) is 0 Å². The second-order valence-electron chi connectivity index (χ2n) is 3.89. The number of halogens is 4. The number of hydrogen-bond acceptors (Lipinski definition) is 4. The van der Waals surface area contributed by atoms with Gasteiger partial charge in [-0.1, -0.05) is 15.9 Å². The summed E-state index contributed by atoms with van der Waals surface area (Å²) in [5.74, 6) is 2.77. The Hall–Kier alpha value is -1.58. The van der Waals surface area contributed by atoms with E-state index < -0.39 is 23.2 Å². The predicted octanol–water partition coefficient (Wildman–Crippen LogP) is 3.42. The van der Waals surface area contributed by atoms with Gasteiger partial charge in [-0.05, 0) is 34.1 Å². The molecule has 0 aliphatic rings. The molecule has 0 saturated heterocycles. The smallest absolute Gasteiger partial charge is 0.259 e. The lowest BCUT2D eigenvalue weighted by Gasteiger charge is -2.11. The Labute approximate surface area is 135 Å². The van der Waals surface area contributed by atoms with E-state index in [2.05, 4.69) is 47.6 Å². The summed E-state index contributed by atoms with van der Waals surface area (Å²) < 4.78 is 28.1. The number of nitrogens with two attached hydrogens (primary N) is 1. The van der Waals surface area contributed by atoms with Crippen molar-refractivity contribution >= 4 is 49.3 Å². The highest BCUT2D eigenvalue weighted by Crippen LogP contribution is 2.25. The van der Waals surface area contributed by atoms with Gasteiger partial charge in [-0.25, -0.2) is 19.6 Å². The molecule has 2 rings (SSSR count). The van der Waals surface area contributed by atoms with Crippen molar-refractivity contribution in [2.45, 2.75) is 0 Å². The molecule has 110 valence electrons. The van der Waals surface area contributed by atoms with Crippen LogP contribution in [-0.4, -0.2) is 10.9 Å². The zero-order valence-corrected chi connectivity index (χ0v) is 13.4. The highest BCUT2D eigenvalue weighted by molar-refractivity contribution is 9.10. The SMILES string of the molecule is NNc1ncc(Br)cc1C(=O)Nc1c(F)cc(Br)cc1F. The number of amides is 1. The first kappa shape index (κ1) is 15.8. The molecule has 1 heterocycles. The molecule has 4 N–H and O–H groups in total. The second kappa shape index (κ2) is 6.46. The fourth-order valence-corrected chi connectivity index (χ4v) is 2.30. The number of nitrogen functional groups attached to an aromatic ring is 1. The first-order valence-electron chi connectivity index (χ1n) is 5.50. The van der Waals surface area contributed by atoms with Gasteiger partial charge in [0.25, 0.3) is 5.91 Å². The summed E-state index contributed by atoms with van der Waals surface area (Å²) in [5.41, 5.74) is 1.73. The van der Waals surface area contributed by atoms with Gasteiger partial charge >= 0.3 is 0 Å². The minimum absolute atomic E-state index is 0.0357. The molecule has 1 amide bonds. The summed E-state index contributed by atoms with van der Waals surface area (Å²) in [6.07, 6.45) is 1.42. The Morgan fingerprint density at radius 1 is 1.14 bits per heavy atom. The fraction of sp³-hybridized carbons (Fsp3) is 0. The quantitative estimate of drug-likeness (QED) is 0.524. The number of hydrogen-bond donors (Lipinski definition) is 3. The lowest BCUT2D eigenvalue weighted by molar-refractivity contribution is 0.102. The average Bonchev–Trinajstić information content (AvgIpc) is 2.42. The molecule has 0 spiro atoms. The molecule has 1 aromatic heterocycles. The number of anilines is 2. The van der Waals surface area contributed by atoms with Crippen LogP contribution in [0.3, 0.4) is 0 Å². The highest BCUT2D eigenvalue weighted by atomic mass is 79.9. The molecule has 0 atom stereocenters. The van der Waals surface area contributed by atoms with Crippen LogP contribution in [0, 0.1) is 11.6 Å². The van der Waals surface area contributed by atoms with E-state index in [0.29, 0.717) is 4.47 Å². The van der Waals surface area contributed by atoms with E-state index >= 15 is 0 Å². The number of benzene rings is 1. The number of rotatable bonds is 3. The molecule has 0 bridgehead atoms. The van der Waals surface area contributed by atoms with Gasteiger partial charge in [0.05, 0.1) is 5.56 Å². The van der Waals surface area contributed by atoms with Crippen molar-refractivity contribution in [1.29, 1.82) is 0 Å². The molecule has 0 aliphatic carbocycles. The van der Waals surface area contributed by atoms with E-state index in [-0.39, 0.29) is 15.9 Å². The van der Waals surface area contributed by atoms with E-state index in [1.807, 2.05) is 0 Å². The van der Waals surface area contributed by atoms with E-state index in [9.17, 15) is 13.6 Å². The van der Waals surface area contributed by atoms with E-state index in [4.69, 9.17) is 5.84 Å². The standard InChI is InChI=1S/C12H8Br2F2N4O/c13-5-2-8(15)10(9(16)3-5)19-12(21)7-1-6(14)4-18-11(7)20-17/h1-4H,17H2,(H,18,20)(H,19,21). The van der Waals surface area contributed by atoms with Crippen LogP contribution < -0.4 is 16.6 Å². The van der Waals surface area contributed by atoms with E-state index in [1.54, 1.807) is 0 Å². The third-order valence-corrected chi connectivity index (χ3v) is 3.37. The van der Waals surface area contributed by atoms with Crippen molar-refractivity contribution < 1.29 is 13.6 Å². The van der Waals surface area contributed by atoms with Crippen LogP contribution in [0.15, 0.2) is 33.3 Å². The summed E-state index contributed by atoms with van der Waals surface area (Å²) in [5, 5.41) is 2.16. The molecular formula is C12H8Br2F2N4O. The molecular weight excluding hydrogens is 414 g/mol. The summed E-state index contributed by atoms with van der Waals surface area (Å²) in [4.78, 5) is 16.0. The molecule has 0 saturated carbocycles. The summed E-state index contributed by atoms with van der Waals surface area (Å²) in [6, 6.07) is 3.51. The molecule has 0 unspecified atom stereocenters. The van der Waals surface area contributed by atoms with Gasteiger partial charge in [-0.15, -0.1) is 0 Å². The number of nitrogens with zero attached hydrogens (tertiary/aromatic N) is 1. The van der Waals surface area contributed by atoms with Crippen LogP contribution in [0.1, 0.15) is 10.4 Å².